The summed E-state index contributed by atoms with van der Waals surface area (Å²) in [5.74, 6) is 0.568. The van der Waals surface area contributed by atoms with Crippen LogP contribution in [0.3, 0.4) is 0 Å². The normalized spacial score (nSPS) is 44.9. The van der Waals surface area contributed by atoms with Crippen molar-refractivity contribution in [2.45, 2.75) is 377 Å². The minimum atomic E-state index is -1.28. The van der Waals surface area contributed by atoms with Crippen molar-refractivity contribution in [3.8, 4) is 0 Å². The summed E-state index contributed by atoms with van der Waals surface area (Å²) in [6.45, 7) is 46.6. The summed E-state index contributed by atoms with van der Waals surface area (Å²) in [5, 5.41) is 34.7. The van der Waals surface area contributed by atoms with E-state index in [9.17, 15) is 39.3 Å². The van der Waals surface area contributed by atoms with Crippen molar-refractivity contribution in [1.82, 2.24) is 9.80 Å². The fourth-order valence-electron chi connectivity index (χ4n) is 29.0. The van der Waals surface area contributed by atoms with Crippen LogP contribution in [0.2, 0.25) is 0 Å². The minimum Gasteiger partial charge on any atom is -0.793 e. The van der Waals surface area contributed by atoms with Gasteiger partial charge in [0.25, 0.3) is 0 Å². The molecule has 0 aromatic carbocycles. The van der Waals surface area contributed by atoms with Gasteiger partial charge in [-0.25, -0.2) is 19.4 Å². The molecule has 2 unspecified atom stereocenters. The number of esters is 2. The number of rotatable bonds is 12. The van der Waals surface area contributed by atoms with Crippen LogP contribution < -0.4 is 29.6 Å². The Labute approximate surface area is 693 Å². The van der Waals surface area contributed by atoms with Gasteiger partial charge in [-0.05, 0) is 241 Å². The minimum absolute atomic E-state index is 0. The number of ether oxygens (including phenoxy) is 8. The topological polar surface area (TPSA) is 271 Å². The quantitative estimate of drug-likeness (QED) is 0.0709. The molecule has 4 aliphatic heterocycles. The first-order valence-electron chi connectivity index (χ1n) is 43.5. The van der Waals surface area contributed by atoms with Gasteiger partial charge in [-0.15, -0.1) is 0 Å². The van der Waals surface area contributed by atoms with Gasteiger partial charge in [-0.1, -0.05) is 95.9 Å². The molecule has 22 nitrogen and oxygen atoms in total. The monoisotopic (exact) mass is 1580 g/mol. The Kier molecular flexibility index (Phi) is 26.5. The molecule has 16 aliphatic rings. The van der Waals surface area contributed by atoms with Crippen molar-refractivity contribution in [1.29, 1.82) is 0 Å². The van der Waals surface area contributed by atoms with Crippen LogP contribution in [-0.2, 0) is 81.1 Å². The van der Waals surface area contributed by atoms with E-state index in [1.165, 1.54) is 104 Å². The van der Waals surface area contributed by atoms with E-state index in [2.05, 4.69) is 102 Å². The Morgan fingerprint density at radius 3 is 1.32 bits per heavy atom. The maximum absolute atomic E-state index is 15.0. The number of aliphatic hydroxyl groups is 3. The largest absolute Gasteiger partial charge is 1.00 e. The molecule has 12 aliphatic carbocycles. The molecule has 12 saturated carbocycles. The summed E-state index contributed by atoms with van der Waals surface area (Å²) < 4.78 is 55.0. The molecule has 3 radical (unpaired) electrons. The Hall–Kier alpha value is -2.36. The molecule has 0 bridgehead atoms. The van der Waals surface area contributed by atoms with Crippen molar-refractivity contribution in [3.63, 3.8) is 0 Å². The molecule has 4 saturated heterocycles. The van der Waals surface area contributed by atoms with Gasteiger partial charge in [0, 0.05) is 89.6 Å². The number of aliphatic hydroxyl groups excluding tert-OH is 1. The maximum atomic E-state index is 15.0. The van der Waals surface area contributed by atoms with E-state index < -0.39 is 83.1 Å². The average Bonchev–Trinajstić information content (AvgIpc) is 1.46. The van der Waals surface area contributed by atoms with Gasteiger partial charge in [0.1, 0.15) is 6.10 Å². The van der Waals surface area contributed by atoms with Crippen molar-refractivity contribution in [2.24, 2.45) is 101 Å². The predicted molar refractivity (Wildman–Crippen MR) is 415 cm³/mol. The number of morpholine rings is 2. The van der Waals surface area contributed by atoms with Crippen molar-refractivity contribution < 1.29 is 126 Å². The van der Waals surface area contributed by atoms with Gasteiger partial charge in [-0.3, -0.25) is 29.0 Å². The van der Waals surface area contributed by atoms with Crippen molar-refractivity contribution >= 4 is 43.7 Å². The van der Waals surface area contributed by atoms with Gasteiger partial charge >= 0.3 is 53.4 Å². The zero-order valence-electron chi connectivity index (χ0n) is 72.7. The second kappa shape index (κ2) is 32.9. The molecule has 24 heteroatoms. The molecule has 3 N–H and O–H groups in total. The molecule has 112 heavy (non-hydrogen) atoms. The van der Waals surface area contributed by atoms with Crippen molar-refractivity contribution in [3.05, 3.63) is 0 Å². The number of carbonyl (C=O) groups is 6. The van der Waals surface area contributed by atoms with Crippen LogP contribution >= 0.6 is 0 Å². The van der Waals surface area contributed by atoms with Crippen LogP contribution in [0.4, 0.5) is 0 Å². The predicted octanol–water partition coefficient (Wildman–Crippen LogP) is 10.1. The van der Waals surface area contributed by atoms with E-state index in [0.717, 1.165) is 110 Å². The van der Waals surface area contributed by atoms with Crippen LogP contribution in [0.5, 0.6) is 0 Å². The molecule has 0 aromatic heterocycles. The molecule has 4 heterocycles. The van der Waals surface area contributed by atoms with E-state index in [0.29, 0.717) is 47.3 Å². The Morgan fingerprint density at radius 1 is 0.527 bits per heavy atom. The molecule has 629 valence electrons. The van der Waals surface area contributed by atoms with Crippen LogP contribution in [0.25, 0.3) is 0 Å². The molecule has 27 atom stereocenters. The fraction of sp³-hybridized carbons (Fsp3) is 0.932. The second-order valence-electron chi connectivity index (χ2n) is 41.0. The second-order valence-corrected chi connectivity index (χ2v) is 41.0. The van der Waals surface area contributed by atoms with Gasteiger partial charge in [0.05, 0.1) is 61.0 Å². The molecule has 0 amide bonds. The number of fused-ring (bicyclic) bond motifs is 8. The first-order chi connectivity index (χ1) is 51.9. The average molecular weight is 1580 g/mol. The zero-order chi connectivity index (χ0) is 81.3. The Balaban J connectivity index is 0.000000186. The third kappa shape index (κ3) is 15.1. The van der Waals surface area contributed by atoms with Crippen LogP contribution in [-0.4, -0.2) is 199 Å². The molecular formula is C88H143BN2NaO20. The number of ketones is 1. The molecule has 16 rings (SSSR count). The van der Waals surface area contributed by atoms with Gasteiger partial charge in [0.2, 0.25) is 5.97 Å². The van der Waals surface area contributed by atoms with Crippen molar-refractivity contribution in [2.75, 3.05) is 39.4 Å². The zero-order valence-corrected chi connectivity index (χ0v) is 74.7. The summed E-state index contributed by atoms with van der Waals surface area (Å²) in [5.41, 5.74) is -2.18. The fourth-order valence-corrected chi connectivity index (χ4v) is 29.0. The van der Waals surface area contributed by atoms with E-state index in [-0.39, 0.29) is 128 Å². The molecule has 4 spiro atoms. The number of hydrogen-bond donors (Lipinski definition) is 3. The van der Waals surface area contributed by atoms with E-state index in [1.807, 2.05) is 13.8 Å². The number of Topliss-reactive ketones (excluding diaryl/α,β-unsaturated/α-hetero) is 1. The first-order valence-corrected chi connectivity index (χ1v) is 43.5. The molecule has 0 aromatic rings. The van der Waals surface area contributed by atoms with E-state index in [1.54, 1.807) is 27.7 Å². The summed E-state index contributed by atoms with van der Waals surface area (Å²) in [7, 11) is 4.32. The van der Waals surface area contributed by atoms with Crippen LogP contribution in [0.15, 0.2) is 0 Å². The smallest absolute Gasteiger partial charge is 0.793 e. The van der Waals surface area contributed by atoms with Gasteiger partial charge in [-0.2, -0.15) is 0 Å². The van der Waals surface area contributed by atoms with Crippen LogP contribution in [0, 0.1) is 101 Å². The Bertz CT molecular complexity index is 3380. The standard InChI is InChI=1S/C40H65NO7.C40H63NO7.C4H6O4.C2H3BO2.C2H6.Na/c2*1-23-20-26(34(36(5,6)44)46-24(2)42)47-32-31(23)37(7)16-17-40-22-39(40)15-14-29(48-30-21-41(18-19-45-30)25-10-9-11-25)35(3,4)27(39)12-13-28(40)38(37,8)33(32)43;1-3(5)7-8-4(2)6;1-2(4)5-3;1-2;/h23,25-34,43-44H,9-22H2,1-8H3;23,25-32,34,44H,9-22H2,1-8H3;1-2H3;1H3;1-2H3;/q;;;-1;;+1/t23-,26-,27+,28+,29+,30+,31+,32+,33+,34+,37-,38-,39?,40+;23-,26-,27+,28+,29+,30+,31+,32+,34+,37-,38-,39?,40+;;;;/m11..../s1. The summed E-state index contributed by atoms with van der Waals surface area (Å²) in [6, 6.07) is 1.45. The van der Waals surface area contributed by atoms with Gasteiger partial charge in [0.15, 0.2) is 30.6 Å². The Morgan fingerprint density at radius 2 is 0.920 bits per heavy atom. The maximum Gasteiger partial charge on any atom is 1.00 e. The number of nitrogens with zero attached hydrogens (tertiary/aromatic N) is 2. The summed E-state index contributed by atoms with van der Waals surface area (Å²) in [6.07, 6.45) is 21.9. The third-order valence-electron chi connectivity index (χ3n) is 34.3. The summed E-state index contributed by atoms with van der Waals surface area (Å²) in [4.78, 5) is 81.2. The van der Waals surface area contributed by atoms with Gasteiger partial charge < -0.3 is 65.9 Å². The number of carbonyl (C=O) groups excluding carboxylic acids is 6. The first kappa shape index (κ1) is 90.4. The molecule has 16 fully saturated rings. The van der Waals surface area contributed by atoms with E-state index in [4.69, 9.17) is 37.9 Å². The SMILES string of the molecule is CC.CC(=O)OOC(C)=O.CC(=O)O[C@@H]([C@H]1C[C@@H](C)[C@H]2[C@H](O1)C(=O)[C@@]1(C)[C@@H]3CC[C@H]4C(C)(C)[C@@H](O[C@H]5CN(C6CCC6)CCO5)CCC45C[C@@]35CC[C@]21C)C(C)(C)O.CC(=O)O[C@@H]([C@H]1C[C@@H](C)[C@H]2[C@H](O1)[C@H](O)[C@@]1(C)[C@@H]3CC[C@H]4C(C)(C)[C@@H](O[C@H]5CN(C6CCC6)CCO5)CCC45C[C@@]35CC[C@]21C)C(C)(C)O.[B-]OC(C)=O.[Na+]. The number of hydrogen-bond acceptors (Lipinski definition) is 22. The third-order valence-corrected chi connectivity index (χ3v) is 34.3. The molecular weight excluding hydrogens is 1440 g/mol. The summed E-state index contributed by atoms with van der Waals surface area (Å²) >= 11 is 0. The van der Waals surface area contributed by atoms with E-state index >= 15 is 4.79 Å². The van der Waals surface area contributed by atoms with Crippen LogP contribution in [0.1, 0.15) is 287 Å².